The van der Waals surface area contributed by atoms with Crippen molar-refractivity contribution < 1.29 is 4.74 Å². The van der Waals surface area contributed by atoms with Gasteiger partial charge in [0, 0.05) is 30.7 Å². The molecule has 3 nitrogen and oxygen atoms in total. The number of methoxy groups -OCH3 is 1. The van der Waals surface area contributed by atoms with Crippen molar-refractivity contribution in [3.8, 4) is 5.75 Å². The molecule has 0 saturated carbocycles. The van der Waals surface area contributed by atoms with Crippen LogP contribution in [-0.2, 0) is 0 Å². The Hall–Kier alpha value is -0.930. The van der Waals surface area contributed by atoms with Crippen LogP contribution in [0.4, 0.5) is 5.69 Å². The minimum Gasteiger partial charge on any atom is -0.495 e. The Morgan fingerprint density at radius 2 is 2.32 bits per heavy atom. The second-order valence-electron chi connectivity index (χ2n) is 5.21. The van der Waals surface area contributed by atoms with Gasteiger partial charge in [-0.25, -0.2) is 0 Å². The average Bonchev–Trinajstić information content (AvgIpc) is 2.46. The molecule has 0 aromatic heterocycles. The number of hydrogen-bond donors (Lipinski definition) is 1. The summed E-state index contributed by atoms with van der Waals surface area (Å²) in [5, 5.41) is 4.36. The van der Waals surface area contributed by atoms with Crippen molar-refractivity contribution >= 4 is 17.3 Å². The Morgan fingerprint density at radius 3 is 3.00 bits per heavy atom. The summed E-state index contributed by atoms with van der Waals surface area (Å²) < 4.78 is 5.45. The zero-order valence-corrected chi connectivity index (χ0v) is 12.7. The third-order valence-electron chi connectivity index (χ3n) is 4.02. The number of ether oxygens (including phenoxy) is 1. The van der Waals surface area contributed by atoms with Crippen molar-refractivity contribution in [1.29, 1.82) is 0 Å². The Morgan fingerprint density at radius 1 is 1.53 bits per heavy atom. The fourth-order valence-electron chi connectivity index (χ4n) is 2.57. The predicted octanol–water partition coefficient (Wildman–Crippen LogP) is 3.17. The largest absolute Gasteiger partial charge is 0.495 e. The summed E-state index contributed by atoms with van der Waals surface area (Å²) in [5.74, 6) is 1.57. The van der Waals surface area contributed by atoms with Gasteiger partial charge in [-0.05, 0) is 24.1 Å². The highest BCUT2D eigenvalue weighted by Gasteiger charge is 2.25. The molecular formula is C15H23ClN2O. The zero-order chi connectivity index (χ0) is 13.8. The normalized spacial score (nSPS) is 21.3. The molecule has 1 heterocycles. The first-order valence-electron chi connectivity index (χ1n) is 6.97. The van der Waals surface area contributed by atoms with Crippen molar-refractivity contribution in [2.45, 2.75) is 26.3 Å². The van der Waals surface area contributed by atoms with E-state index in [1.807, 2.05) is 18.2 Å². The molecule has 2 atom stereocenters. The van der Waals surface area contributed by atoms with Crippen LogP contribution in [0.15, 0.2) is 18.2 Å². The zero-order valence-electron chi connectivity index (χ0n) is 11.9. The molecule has 1 aliphatic heterocycles. The second kappa shape index (κ2) is 6.49. The number of nitrogens with one attached hydrogen (secondary N) is 1. The lowest BCUT2D eigenvalue weighted by Crippen LogP contribution is -2.53. The molecule has 0 bridgehead atoms. The SMILES string of the molecule is CCC(C)C1CN(c2cc(Cl)ccc2OC)CCN1. The maximum absolute atomic E-state index is 6.12. The van der Waals surface area contributed by atoms with Crippen LogP contribution in [0.5, 0.6) is 5.75 Å². The topological polar surface area (TPSA) is 24.5 Å². The summed E-state index contributed by atoms with van der Waals surface area (Å²) in [7, 11) is 1.71. The summed E-state index contributed by atoms with van der Waals surface area (Å²) in [6, 6.07) is 6.35. The highest BCUT2D eigenvalue weighted by atomic mass is 35.5. The van der Waals surface area contributed by atoms with Gasteiger partial charge in [-0.3, -0.25) is 0 Å². The van der Waals surface area contributed by atoms with E-state index in [9.17, 15) is 0 Å². The molecule has 2 unspecified atom stereocenters. The molecule has 1 N–H and O–H groups in total. The molecule has 1 aromatic carbocycles. The van der Waals surface area contributed by atoms with Crippen LogP contribution in [-0.4, -0.2) is 32.8 Å². The second-order valence-corrected chi connectivity index (χ2v) is 5.64. The van der Waals surface area contributed by atoms with Crippen LogP contribution >= 0.6 is 11.6 Å². The van der Waals surface area contributed by atoms with Crippen molar-refractivity contribution in [3.63, 3.8) is 0 Å². The van der Waals surface area contributed by atoms with Crippen molar-refractivity contribution in [2.75, 3.05) is 31.6 Å². The lowest BCUT2D eigenvalue weighted by atomic mass is 9.97. The summed E-state index contributed by atoms with van der Waals surface area (Å²) in [5.41, 5.74) is 1.10. The van der Waals surface area contributed by atoms with Gasteiger partial charge < -0.3 is 15.0 Å². The van der Waals surface area contributed by atoms with Gasteiger partial charge in [0.25, 0.3) is 0 Å². The highest BCUT2D eigenvalue weighted by Crippen LogP contribution is 2.32. The molecule has 1 aliphatic rings. The fourth-order valence-corrected chi connectivity index (χ4v) is 2.74. The Kier molecular flexibility index (Phi) is 4.94. The van der Waals surface area contributed by atoms with Crippen molar-refractivity contribution in [3.05, 3.63) is 23.2 Å². The summed E-state index contributed by atoms with van der Waals surface area (Å²) >= 11 is 6.12. The molecule has 4 heteroatoms. The van der Waals surface area contributed by atoms with Crippen molar-refractivity contribution in [2.24, 2.45) is 5.92 Å². The molecule has 106 valence electrons. The third-order valence-corrected chi connectivity index (χ3v) is 4.25. The maximum Gasteiger partial charge on any atom is 0.142 e. The predicted molar refractivity (Wildman–Crippen MR) is 81.5 cm³/mol. The minimum atomic E-state index is 0.530. The monoisotopic (exact) mass is 282 g/mol. The Labute approximate surface area is 120 Å². The van der Waals surface area contributed by atoms with Gasteiger partial charge in [-0.2, -0.15) is 0 Å². The van der Waals surface area contributed by atoms with E-state index in [4.69, 9.17) is 16.3 Å². The first-order chi connectivity index (χ1) is 9.15. The van der Waals surface area contributed by atoms with Crippen LogP contribution in [0, 0.1) is 5.92 Å². The lowest BCUT2D eigenvalue weighted by Gasteiger charge is -2.38. The van der Waals surface area contributed by atoms with Gasteiger partial charge in [0.1, 0.15) is 5.75 Å². The number of halogens is 1. The highest BCUT2D eigenvalue weighted by molar-refractivity contribution is 6.30. The number of anilines is 1. The van der Waals surface area contributed by atoms with Crippen LogP contribution in [0.2, 0.25) is 5.02 Å². The number of rotatable bonds is 4. The van der Waals surface area contributed by atoms with Gasteiger partial charge in [-0.1, -0.05) is 31.9 Å². The molecular weight excluding hydrogens is 260 g/mol. The average molecular weight is 283 g/mol. The van der Waals surface area contributed by atoms with Gasteiger partial charge >= 0.3 is 0 Å². The fraction of sp³-hybridized carbons (Fsp3) is 0.600. The van der Waals surface area contributed by atoms with Crippen LogP contribution < -0.4 is 15.0 Å². The molecule has 1 fully saturated rings. The molecule has 0 spiro atoms. The first-order valence-corrected chi connectivity index (χ1v) is 7.35. The molecule has 0 radical (unpaired) electrons. The number of hydrogen-bond acceptors (Lipinski definition) is 3. The van der Waals surface area contributed by atoms with Gasteiger partial charge in [0.15, 0.2) is 0 Å². The van der Waals surface area contributed by atoms with Crippen LogP contribution in [0.1, 0.15) is 20.3 Å². The Bertz CT molecular complexity index is 425. The minimum absolute atomic E-state index is 0.530. The van der Waals surface area contributed by atoms with E-state index < -0.39 is 0 Å². The quantitative estimate of drug-likeness (QED) is 0.918. The molecule has 0 aliphatic carbocycles. The molecule has 1 saturated heterocycles. The van der Waals surface area contributed by atoms with E-state index in [2.05, 4.69) is 24.1 Å². The van der Waals surface area contributed by atoms with E-state index in [0.29, 0.717) is 12.0 Å². The maximum atomic E-state index is 6.12. The van der Waals surface area contributed by atoms with E-state index in [-0.39, 0.29) is 0 Å². The molecule has 0 amide bonds. The molecule has 19 heavy (non-hydrogen) atoms. The third kappa shape index (κ3) is 3.34. The summed E-state index contributed by atoms with van der Waals surface area (Å²) in [4.78, 5) is 2.37. The van der Waals surface area contributed by atoms with E-state index >= 15 is 0 Å². The number of nitrogens with zero attached hydrogens (tertiary/aromatic N) is 1. The van der Waals surface area contributed by atoms with Crippen LogP contribution in [0.3, 0.4) is 0 Å². The molecule has 2 rings (SSSR count). The van der Waals surface area contributed by atoms with Gasteiger partial charge in [0.2, 0.25) is 0 Å². The lowest BCUT2D eigenvalue weighted by molar-refractivity contribution is 0.339. The smallest absolute Gasteiger partial charge is 0.142 e. The Balaban J connectivity index is 2.19. The summed E-state index contributed by atoms with van der Waals surface area (Å²) in [6.45, 7) is 7.54. The molecule has 1 aromatic rings. The van der Waals surface area contributed by atoms with E-state index in [0.717, 1.165) is 36.1 Å². The standard InChI is InChI=1S/C15H23ClN2O/c1-4-11(2)13-10-18(8-7-17-13)14-9-12(16)5-6-15(14)19-3/h5-6,9,11,13,17H,4,7-8,10H2,1-3H3. The number of piperazine rings is 1. The van der Waals surface area contributed by atoms with Gasteiger partial charge in [0.05, 0.1) is 12.8 Å². The van der Waals surface area contributed by atoms with Gasteiger partial charge in [-0.15, -0.1) is 0 Å². The van der Waals surface area contributed by atoms with Crippen molar-refractivity contribution in [1.82, 2.24) is 5.32 Å². The number of benzene rings is 1. The van der Waals surface area contributed by atoms with E-state index in [1.54, 1.807) is 7.11 Å². The summed E-state index contributed by atoms with van der Waals surface area (Å²) in [6.07, 6.45) is 1.19. The van der Waals surface area contributed by atoms with Crippen LogP contribution in [0.25, 0.3) is 0 Å². The first kappa shape index (κ1) is 14.5. The van der Waals surface area contributed by atoms with E-state index in [1.165, 1.54) is 6.42 Å².